The molecule has 0 bridgehead atoms. The van der Waals surface area contributed by atoms with E-state index in [0.717, 1.165) is 39.2 Å². The molecular formula is C16H17N3S. The Morgan fingerprint density at radius 1 is 1.10 bits per heavy atom. The summed E-state index contributed by atoms with van der Waals surface area (Å²) in [4.78, 5) is 7.94. The van der Waals surface area contributed by atoms with Gasteiger partial charge < -0.3 is 10.7 Å². The number of fused-ring (bicyclic) bond motifs is 1. The Hall–Kier alpha value is -1.94. The number of nitrogens with one attached hydrogen (secondary N) is 1. The van der Waals surface area contributed by atoms with Gasteiger partial charge in [-0.15, -0.1) is 0 Å². The summed E-state index contributed by atoms with van der Waals surface area (Å²) in [6.45, 7) is 4.06. The number of nitrogen functional groups attached to an aromatic ring is 1. The Kier molecular flexibility index (Phi) is 3.18. The highest BCUT2D eigenvalue weighted by atomic mass is 32.1. The van der Waals surface area contributed by atoms with Crippen LogP contribution in [0.25, 0.3) is 11.0 Å². The monoisotopic (exact) mass is 283 g/mol. The molecule has 0 fully saturated rings. The lowest BCUT2D eigenvalue weighted by atomic mass is 9.99. The second kappa shape index (κ2) is 4.87. The third-order valence-corrected chi connectivity index (χ3v) is 4.17. The van der Waals surface area contributed by atoms with Crippen molar-refractivity contribution in [3.8, 4) is 0 Å². The van der Waals surface area contributed by atoms with Gasteiger partial charge in [0.2, 0.25) is 0 Å². The Morgan fingerprint density at radius 3 is 2.55 bits per heavy atom. The number of aromatic amines is 1. The van der Waals surface area contributed by atoms with E-state index in [0.29, 0.717) is 0 Å². The van der Waals surface area contributed by atoms with Crippen LogP contribution in [-0.2, 0) is 0 Å². The first-order valence-corrected chi connectivity index (χ1v) is 7.08. The first kappa shape index (κ1) is 13.1. The summed E-state index contributed by atoms with van der Waals surface area (Å²) in [6.07, 6.45) is 0. The molecule has 4 heteroatoms. The van der Waals surface area contributed by atoms with Gasteiger partial charge in [0.05, 0.1) is 16.3 Å². The maximum atomic E-state index is 6.23. The van der Waals surface area contributed by atoms with E-state index in [2.05, 4.69) is 23.0 Å². The van der Waals surface area contributed by atoms with Crippen LogP contribution in [0, 0.1) is 13.8 Å². The third-order valence-electron chi connectivity index (χ3n) is 3.66. The van der Waals surface area contributed by atoms with Crippen molar-refractivity contribution in [2.75, 3.05) is 5.73 Å². The summed E-state index contributed by atoms with van der Waals surface area (Å²) in [5, 5.41) is -0.151. The first-order valence-electron chi connectivity index (χ1n) is 6.56. The van der Waals surface area contributed by atoms with Crippen LogP contribution in [0.4, 0.5) is 5.69 Å². The number of hydrogen-bond donors (Lipinski definition) is 3. The highest BCUT2D eigenvalue weighted by Crippen LogP contribution is 2.35. The van der Waals surface area contributed by atoms with Crippen LogP contribution >= 0.6 is 12.6 Å². The summed E-state index contributed by atoms with van der Waals surface area (Å²) in [5.41, 5.74) is 12.2. The number of imidazole rings is 1. The van der Waals surface area contributed by atoms with Crippen molar-refractivity contribution in [3.63, 3.8) is 0 Å². The van der Waals surface area contributed by atoms with Crippen molar-refractivity contribution in [2.24, 2.45) is 0 Å². The van der Waals surface area contributed by atoms with E-state index in [9.17, 15) is 0 Å². The molecule has 3 N–H and O–H groups in total. The van der Waals surface area contributed by atoms with Gasteiger partial charge >= 0.3 is 0 Å². The van der Waals surface area contributed by atoms with Crippen molar-refractivity contribution >= 4 is 29.3 Å². The number of aryl methyl sites for hydroxylation is 2. The zero-order valence-electron chi connectivity index (χ0n) is 11.5. The molecule has 0 saturated carbocycles. The Morgan fingerprint density at radius 2 is 1.80 bits per heavy atom. The Balaban J connectivity index is 2.13. The van der Waals surface area contributed by atoms with Gasteiger partial charge in [-0.25, -0.2) is 4.98 Å². The van der Waals surface area contributed by atoms with E-state index in [1.807, 2.05) is 37.3 Å². The molecule has 102 valence electrons. The highest BCUT2D eigenvalue weighted by molar-refractivity contribution is 7.80. The number of nitrogens with two attached hydrogens (primary N) is 1. The van der Waals surface area contributed by atoms with Crippen molar-refractivity contribution in [1.29, 1.82) is 0 Å². The number of para-hydroxylation sites is 2. The molecule has 0 amide bonds. The predicted octanol–water partition coefficient (Wildman–Crippen LogP) is 3.78. The van der Waals surface area contributed by atoms with E-state index < -0.39 is 0 Å². The summed E-state index contributed by atoms with van der Waals surface area (Å²) in [5.74, 6) is 0.829. The molecule has 3 aromatic rings. The van der Waals surface area contributed by atoms with Gasteiger partial charge in [-0.2, -0.15) is 12.6 Å². The highest BCUT2D eigenvalue weighted by Gasteiger charge is 2.19. The van der Waals surface area contributed by atoms with Crippen molar-refractivity contribution in [1.82, 2.24) is 9.97 Å². The van der Waals surface area contributed by atoms with E-state index in [4.69, 9.17) is 18.4 Å². The molecule has 0 saturated heterocycles. The largest absolute Gasteiger partial charge is 0.398 e. The predicted molar refractivity (Wildman–Crippen MR) is 87.3 cm³/mol. The van der Waals surface area contributed by atoms with E-state index >= 15 is 0 Å². The maximum absolute atomic E-state index is 6.23. The molecule has 0 spiro atoms. The molecule has 0 aliphatic rings. The minimum Gasteiger partial charge on any atom is -0.398 e. The molecule has 0 aliphatic heterocycles. The number of anilines is 1. The normalized spacial score (nSPS) is 12.8. The number of H-pyrrole nitrogens is 1. The Bertz CT molecular complexity index is 743. The van der Waals surface area contributed by atoms with E-state index in [1.54, 1.807) is 0 Å². The molecule has 1 unspecified atom stereocenters. The summed E-state index contributed by atoms with van der Waals surface area (Å²) in [6, 6.07) is 12.1. The maximum Gasteiger partial charge on any atom is 0.124 e. The van der Waals surface area contributed by atoms with Gasteiger partial charge in [-0.1, -0.05) is 24.3 Å². The second-order valence-corrected chi connectivity index (χ2v) is 5.58. The number of rotatable bonds is 2. The molecule has 3 rings (SSSR count). The fourth-order valence-corrected chi connectivity index (χ4v) is 2.92. The number of thiol groups is 1. The molecule has 1 heterocycles. The SMILES string of the molecule is Cc1ccc(C)c(C(S)c2nc3ccccc3[nH]2)c1N. The minimum atomic E-state index is -0.151. The number of benzene rings is 2. The van der Waals surface area contributed by atoms with Gasteiger partial charge in [-0.3, -0.25) is 0 Å². The summed E-state index contributed by atoms with van der Waals surface area (Å²) >= 11 is 4.73. The van der Waals surface area contributed by atoms with Crippen molar-refractivity contribution < 1.29 is 0 Å². The second-order valence-electron chi connectivity index (χ2n) is 5.07. The van der Waals surface area contributed by atoms with E-state index in [-0.39, 0.29) is 5.25 Å². The van der Waals surface area contributed by atoms with Crippen LogP contribution in [0.2, 0.25) is 0 Å². The topological polar surface area (TPSA) is 54.7 Å². The molecule has 0 aliphatic carbocycles. The van der Waals surface area contributed by atoms with Crippen LogP contribution in [0.3, 0.4) is 0 Å². The van der Waals surface area contributed by atoms with Crippen LogP contribution in [0.15, 0.2) is 36.4 Å². The van der Waals surface area contributed by atoms with Gasteiger partial charge in [0.1, 0.15) is 5.82 Å². The molecule has 1 atom stereocenters. The van der Waals surface area contributed by atoms with Gasteiger partial charge in [0, 0.05) is 5.69 Å². The standard InChI is InChI=1S/C16H17N3S/c1-9-7-8-10(2)14(17)13(9)15(20)16-18-11-5-3-4-6-12(11)19-16/h3-8,15,20H,17H2,1-2H3,(H,18,19). The number of aromatic nitrogens is 2. The average Bonchev–Trinajstić information content (AvgIpc) is 2.87. The lowest BCUT2D eigenvalue weighted by Crippen LogP contribution is -2.05. The molecule has 20 heavy (non-hydrogen) atoms. The van der Waals surface area contributed by atoms with Gasteiger partial charge in [0.25, 0.3) is 0 Å². The molecule has 3 nitrogen and oxygen atoms in total. The zero-order valence-corrected chi connectivity index (χ0v) is 12.4. The van der Waals surface area contributed by atoms with Gasteiger partial charge in [0.15, 0.2) is 0 Å². The lowest BCUT2D eigenvalue weighted by molar-refractivity contribution is 1.01. The van der Waals surface area contributed by atoms with E-state index in [1.165, 1.54) is 0 Å². The van der Waals surface area contributed by atoms with Crippen LogP contribution in [0.5, 0.6) is 0 Å². The lowest BCUT2D eigenvalue weighted by Gasteiger charge is -2.16. The molecule has 1 aromatic heterocycles. The third kappa shape index (κ3) is 2.06. The van der Waals surface area contributed by atoms with Crippen LogP contribution in [0.1, 0.15) is 27.8 Å². The fourth-order valence-electron chi connectivity index (χ4n) is 2.46. The summed E-state index contributed by atoms with van der Waals surface area (Å²) in [7, 11) is 0. The fraction of sp³-hybridized carbons (Fsp3) is 0.188. The Labute approximate surface area is 123 Å². The minimum absolute atomic E-state index is 0.151. The van der Waals surface area contributed by atoms with Crippen LogP contribution < -0.4 is 5.73 Å². The first-order chi connectivity index (χ1) is 9.58. The number of hydrogen-bond acceptors (Lipinski definition) is 3. The van der Waals surface area contributed by atoms with Gasteiger partial charge in [-0.05, 0) is 42.7 Å². The van der Waals surface area contributed by atoms with Crippen molar-refractivity contribution in [3.05, 3.63) is 58.9 Å². The summed E-state index contributed by atoms with van der Waals surface area (Å²) < 4.78 is 0. The average molecular weight is 283 g/mol. The van der Waals surface area contributed by atoms with Crippen molar-refractivity contribution in [2.45, 2.75) is 19.1 Å². The molecule has 0 radical (unpaired) electrons. The number of nitrogens with zero attached hydrogens (tertiary/aromatic N) is 1. The smallest absolute Gasteiger partial charge is 0.124 e. The molecular weight excluding hydrogens is 266 g/mol. The molecule has 2 aromatic carbocycles. The zero-order chi connectivity index (χ0) is 14.3. The quantitative estimate of drug-likeness (QED) is 0.495. The van der Waals surface area contributed by atoms with Crippen LogP contribution in [-0.4, -0.2) is 9.97 Å².